The standard InChI is InChI=1S/C24H31N3O3/c1-17-14-27(18(2)16-28)24(29)21-12-20(11-10-19-8-6-5-7-9-19)13-25-23(21)30-22(17)15-26(3)4/h5-13,17-18,22,28H,14-16H2,1-4H3/b11-10+/t17-,18-,22-/m1/s1. The van der Waals surface area contributed by atoms with Crippen molar-refractivity contribution in [1.82, 2.24) is 14.8 Å². The van der Waals surface area contributed by atoms with E-state index in [0.29, 0.717) is 24.5 Å². The lowest BCUT2D eigenvalue weighted by Gasteiger charge is -2.37. The molecule has 1 aliphatic heterocycles. The van der Waals surface area contributed by atoms with E-state index in [1.165, 1.54) is 0 Å². The SMILES string of the molecule is C[C@@H]1CN([C@H](C)CO)C(=O)c2cc(/C=C/c3ccccc3)cnc2O[C@@H]1CN(C)C. The summed E-state index contributed by atoms with van der Waals surface area (Å²) in [6.07, 6.45) is 5.54. The highest BCUT2D eigenvalue weighted by atomic mass is 16.5. The molecule has 0 spiro atoms. The molecular weight excluding hydrogens is 378 g/mol. The van der Waals surface area contributed by atoms with Gasteiger partial charge >= 0.3 is 0 Å². The Morgan fingerprint density at radius 1 is 1.27 bits per heavy atom. The number of amides is 1. The minimum atomic E-state index is -0.283. The second-order valence-corrected chi connectivity index (χ2v) is 8.25. The van der Waals surface area contributed by atoms with Crippen molar-refractivity contribution < 1.29 is 14.6 Å². The van der Waals surface area contributed by atoms with Gasteiger partial charge in [-0.2, -0.15) is 0 Å². The molecule has 3 rings (SSSR count). The van der Waals surface area contributed by atoms with Crippen molar-refractivity contribution in [1.29, 1.82) is 0 Å². The molecule has 160 valence electrons. The van der Waals surface area contributed by atoms with Gasteiger partial charge in [0.15, 0.2) is 0 Å². The quantitative estimate of drug-likeness (QED) is 0.794. The van der Waals surface area contributed by atoms with E-state index in [4.69, 9.17) is 4.74 Å². The Hall–Kier alpha value is -2.70. The Kier molecular flexibility index (Phi) is 7.24. The zero-order chi connectivity index (χ0) is 21.7. The van der Waals surface area contributed by atoms with E-state index in [9.17, 15) is 9.90 Å². The molecule has 1 aromatic heterocycles. The second-order valence-electron chi connectivity index (χ2n) is 8.25. The molecule has 30 heavy (non-hydrogen) atoms. The van der Waals surface area contributed by atoms with Crippen LogP contribution in [0.25, 0.3) is 12.2 Å². The maximum atomic E-state index is 13.4. The Balaban J connectivity index is 1.98. The third-order valence-electron chi connectivity index (χ3n) is 5.36. The molecule has 1 aliphatic rings. The van der Waals surface area contributed by atoms with Crippen molar-refractivity contribution in [3.8, 4) is 5.88 Å². The number of fused-ring (bicyclic) bond motifs is 1. The molecule has 2 aromatic rings. The summed E-state index contributed by atoms with van der Waals surface area (Å²) in [6.45, 7) is 5.07. The number of hydrogen-bond acceptors (Lipinski definition) is 5. The maximum Gasteiger partial charge on any atom is 0.259 e. The van der Waals surface area contributed by atoms with E-state index in [2.05, 4.69) is 16.8 Å². The first kappa shape index (κ1) is 22.0. The van der Waals surface area contributed by atoms with Gasteiger partial charge in [-0.25, -0.2) is 4.98 Å². The predicted octanol–water partition coefficient (Wildman–Crippen LogP) is 3.03. The number of hydrogen-bond donors (Lipinski definition) is 1. The van der Waals surface area contributed by atoms with Gasteiger partial charge in [-0.15, -0.1) is 0 Å². The van der Waals surface area contributed by atoms with Crippen LogP contribution >= 0.6 is 0 Å². The van der Waals surface area contributed by atoms with Crippen molar-refractivity contribution in [2.24, 2.45) is 5.92 Å². The lowest BCUT2D eigenvalue weighted by atomic mass is 10.00. The van der Waals surface area contributed by atoms with Crippen LogP contribution in [-0.4, -0.2) is 71.7 Å². The van der Waals surface area contributed by atoms with Crippen LogP contribution in [0.5, 0.6) is 5.88 Å². The van der Waals surface area contributed by atoms with Crippen molar-refractivity contribution in [3.05, 3.63) is 59.3 Å². The number of pyridine rings is 1. The fourth-order valence-electron chi connectivity index (χ4n) is 3.54. The van der Waals surface area contributed by atoms with E-state index in [-0.39, 0.29) is 30.6 Å². The molecule has 0 bridgehead atoms. The van der Waals surface area contributed by atoms with Gasteiger partial charge in [0.1, 0.15) is 11.7 Å². The minimum Gasteiger partial charge on any atom is -0.472 e. The van der Waals surface area contributed by atoms with Crippen LogP contribution in [0.15, 0.2) is 42.6 Å². The van der Waals surface area contributed by atoms with E-state index in [1.54, 1.807) is 11.1 Å². The molecule has 6 nitrogen and oxygen atoms in total. The Labute approximate surface area is 178 Å². The number of ether oxygens (including phenoxy) is 1. The molecule has 1 aromatic carbocycles. The maximum absolute atomic E-state index is 13.4. The highest BCUT2D eigenvalue weighted by Gasteiger charge is 2.33. The Morgan fingerprint density at radius 3 is 2.63 bits per heavy atom. The van der Waals surface area contributed by atoms with Crippen LogP contribution in [0.1, 0.15) is 35.3 Å². The number of benzene rings is 1. The summed E-state index contributed by atoms with van der Waals surface area (Å²) in [5.74, 6) is 0.285. The number of nitrogens with zero attached hydrogens (tertiary/aromatic N) is 3. The van der Waals surface area contributed by atoms with Gasteiger partial charge in [0.05, 0.1) is 12.6 Å². The number of carbonyl (C=O) groups excluding carboxylic acids is 1. The summed E-state index contributed by atoms with van der Waals surface area (Å²) in [7, 11) is 4.00. The van der Waals surface area contributed by atoms with E-state index >= 15 is 0 Å². The highest BCUT2D eigenvalue weighted by Crippen LogP contribution is 2.27. The molecule has 3 atom stereocenters. The summed E-state index contributed by atoms with van der Waals surface area (Å²) in [4.78, 5) is 21.7. The predicted molar refractivity (Wildman–Crippen MR) is 119 cm³/mol. The number of aromatic nitrogens is 1. The Morgan fingerprint density at radius 2 is 1.97 bits per heavy atom. The molecule has 1 N–H and O–H groups in total. The van der Waals surface area contributed by atoms with Crippen LogP contribution in [0.3, 0.4) is 0 Å². The number of rotatable bonds is 6. The average Bonchev–Trinajstić information content (AvgIpc) is 2.74. The first-order chi connectivity index (χ1) is 14.4. The fraction of sp³-hybridized carbons (Fsp3) is 0.417. The zero-order valence-corrected chi connectivity index (χ0v) is 18.2. The highest BCUT2D eigenvalue weighted by molar-refractivity contribution is 5.97. The van der Waals surface area contributed by atoms with Gasteiger partial charge in [-0.3, -0.25) is 4.79 Å². The van der Waals surface area contributed by atoms with Gasteiger partial charge < -0.3 is 19.6 Å². The summed E-state index contributed by atoms with van der Waals surface area (Å²) >= 11 is 0. The summed E-state index contributed by atoms with van der Waals surface area (Å²) in [5, 5.41) is 9.72. The average molecular weight is 410 g/mol. The zero-order valence-electron chi connectivity index (χ0n) is 18.2. The second kappa shape index (κ2) is 9.87. The van der Waals surface area contributed by atoms with Gasteiger partial charge in [0.25, 0.3) is 5.91 Å². The van der Waals surface area contributed by atoms with Crippen molar-refractivity contribution >= 4 is 18.1 Å². The van der Waals surface area contributed by atoms with Crippen LogP contribution in [0, 0.1) is 5.92 Å². The lowest BCUT2D eigenvalue weighted by Crippen LogP contribution is -2.49. The van der Waals surface area contributed by atoms with Crippen LogP contribution < -0.4 is 4.74 Å². The van der Waals surface area contributed by atoms with E-state index in [0.717, 1.165) is 11.1 Å². The molecular formula is C24H31N3O3. The van der Waals surface area contributed by atoms with E-state index < -0.39 is 0 Å². The fourth-order valence-corrected chi connectivity index (χ4v) is 3.54. The minimum absolute atomic E-state index is 0.0893. The summed E-state index contributed by atoms with van der Waals surface area (Å²) < 4.78 is 6.22. The largest absolute Gasteiger partial charge is 0.472 e. The normalized spacial score (nSPS) is 20.6. The molecule has 0 saturated heterocycles. The summed E-state index contributed by atoms with van der Waals surface area (Å²) in [5.41, 5.74) is 2.33. The van der Waals surface area contributed by atoms with Crippen LogP contribution in [-0.2, 0) is 0 Å². The molecule has 2 heterocycles. The molecule has 0 aliphatic carbocycles. The van der Waals surface area contributed by atoms with Crippen LogP contribution in [0.4, 0.5) is 0 Å². The Bertz CT molecular complexity index is 883. The summed E-state index contributed by atoms with van der Waals surface area (Å²) in [6, 6.07) is 11.5. The van der Waals surface area contributed by atoms with Gasteiger partial charge in [0.2, 0.25) is 5.88 Å². The molecule has 6 heteroatoms. The van der Waals surface area contributed by atoms with E-state index in [1.807, 2.05) is 69.6 Å². The monoisotopic (exact) mass is 409 g/mol. The number of aliphatic hydroxyl groups is 1. The lowest BCUT2D eigenvalue weighted by molar-refractivity contribution is 0.0348. The van der Waals surface area contributed by atoms with Crippen molar-refractivity contribution in [2.45, 2.75) is 26.0 Å². The molecule has 0 fully saturated rings. The number of carbonyl (C=O) groups is 1. The van der Waals surface area contributed by atoms with Crippen molar-refractivity contribution in [3.63, 3.8) is 0 Å². The smallest absolute Gasteiger partial charge is 0.259 e. The first-order valence-electron chi connectivity index (χ1n) is 10.4. The van der Waals surface area contributed by atoms with Gasteiger partial charge in [0, 0.05) is 25.2 Å². The van der Waals surface area contributed by atoms with Gasteiger partial charge in [-0.1, -0.05) is 49.4 Å². The molecule has 0 radical (unpaired) electrons. The molecule has 1 amide bonds. The van der Waals surface area contributed by atoms with Crippen LogP contribution in [0.2, 0.25) is 0 Å². The number of likely N-dealkylation sites (N-methyl/N-ethyl adjacent to an activating group) is 1. The third kappa shape index (κ3) is 5.26. The third-order valence-corrected chi connectivity index (χ3v) is 5.36. The number of aliphatic hydroxyl groups excluding tert-OH is 1. The topological polar surface area (TPSA) is 65.9 Å². The molecule has 0 unspecified atom stereocenters. The van der Waals surface area contributed by atoms with Gasteiger partial charge in [-0.05, 0) is 38.2 Å². The first-order valence-corrected chi connectivity index (χ1v) is 10.4. The molecule has 0 saturated carbocycles. The van der Waals surface area contributed by atoms with Crippen molar-refractivity contribution in [2.75, 3.05) is 33.8 Å².